The van der Waals surface area contributed by atoms with Crippen molar-refractivity contribution in [3.8, 4) is 11.5 Å². The number of H-pyrrole nitrogens is 1. The number of para-hydroxylation sites is 2. The summed E-state index contributed by atoms with van der Waals surface area (Å²) in [6.45, 7) is 0. The van der Waals surface area contributed by atoms with Gasteiger partial charge in [0, 0.05) is 6.07 Å². The summed E-state index contributed by atoms with van der Waals surface area (Å²) in [5, 5.41) is 0. The van der Waals surface area contributed by atoms with E-state index in [9.17, 15) is 0 Å². The van der Waals surface area contributed by atoms with Gasteiger partial charge in [-0.1, -0.05) is 30.3 Å². The highest BCUT2D eigenvalue weighted by molar-refractivity contribution is 5.70. The molecule has 3 rings (SSSR count). The molecule has 0 fully saturated rings. The minimum atomic E-state index is 0.803. The van der Waals surface area contributed by atoms with Crippen LogP contribution in [0.1, 0.15) is 0 Å². The van der Waals surface area contributed by atoms with Gasteiger partial charge in [0.05, 0.1) is 5.56 Å². The average molecular weight is 196 g/mol. The molecule has 1 heterocycles. The molecule has 0 aliphatic carbocycles. The molecular formula is C13H10NO+. The van der Waals surface area contributed by atoms with Crippen molar-refractivity contribution < 1.29 is 9.40 Å². The number of benzene rings is 2. The smallest absolute Gasteiger partial charge is 0.379 e. The largest absolute Gasteiger partial charge is 0.398 e. The normalized spacial score (nSPS) is 10.7. The van der Waals surface area contributed by atoms with Crippen LogP contribution >= 0.6 is 0 Å². The minimum Gasteiger partial charge on any atom is -0.398 e. The molecule has 1 N–H and O–H groups in total. The van der Waals surface area contributed by atoms with E-state index in [0.29, 0.717) is 0 Å². The van der Waals surface area contributed by atoms with Gasteiger partial charge in [-0.05, 0) is 18.2 Å². The maximum atomic E-state index is 5.70. The summed E-state index contributed by atoms with van der Waals surface area (Å²) in [4.78, 5) is 3.25. The molecular weight excluding hydrogens is 186 g/mol. The molecule has 0 bridgehead atoms. The lowest BCUT2D eigenvalue weighted by molar-refractivity contribution is -0.338. The highest BCUT2D eigenvalue weighted by Gasteiger charge is 2.13. The first-order valence-corrected chi connectivity index (χ1v) is 4.90. The molecule has 1 aromatic heterocycles. The zero-order valence-corrected chi connectivity index (χ0v) is 8.10. The third kappa shape index (κ3) is 1.40. The van der Waals surface area contributed by atoms with E-state index in [4.69, 9.17) is 4.42 Å². The fraction of sp³-hybridized carbons (Fsp3) is 0. The molecule has 0 spiro atoms. The Morgan fingerprint density at radius 2 is 1.53 bits per heavy atom. The fourth-order valence-corrected chi connectivity index (χ4v) is 1.64. The van der Waals surface area contributed by atoms with Gasteiger partial charge in [0.2, 0.25) is 11.1 Å². The van der Waals surface area contributed by atoms with Crippen molar-refractivity contribution in [2.45, 2.75) is 0 Å². The molecule has 0 saturated carbocycles. The van der Waals surface area contributed by atoms with Crippen molar-refractivity contribution in [3.63, 3.8) is 0 Å². The number of fused-ring (bicyclic) bond motifs is 1. The molecule has 2 nitrogen and oxygen atoms in total. The van der Waals surface area contributed by atoms with E-state index < -0.39 is 0 Å². The second-order valence-electron chi connectivity index (χ2n) is 3.42. The Balaban J connectivity index is 2.21. The van der Waals surface area contributed by atoms with Crippen LogP contribution in [0.4, 0.5) is 0 Å². The van der Waals surface area contributed by atoms with Crippen LogP contribution in [0.15, 0.2) is 59.0 Å². The van der Waals surface area contributed by atoms with Gasteiger partial charge < -0.3 is 4.42 Å². The third-order valence-electron chi connectivity index (χ3n) is 2.38. The van der Waals surface area contributed by atoms with Crippen molar-refractivity contribution >= 4 is 11.1 Å². The summed E-state index contributed by atoms with van der Waals surface area (Å²) in [7, 11) is 0. The highest BCUT2D eigenvalue weighted by atomic mass is 16.3. The Kier molecular flexibility index (Phi) is 1.78. The predicted octanol–water partition coefficient (Wildman–Crippen LogP) is 2.91. The van der Waals surface area contributed by atoms with Crippen molar-refractivity contribution in [2.75, 3.05) is 0 Å². The van der Waals surface area contributed by atoms with E-state index >= 15 is 0 Å². The van der Waals surface area contributed by atoms with E-state index in [0.717, 1.165) is 22.6 Å². The number of rotatable bonds is 1. The van der Waals surface area contributed by atoms with Crippen molar-refractivity contribution in [1.29, 1.82) is 0 Å². The first kappa shape index (κ1) is 8.24. The molecule has 0 aliphatic heterocycles. The van der Waals surface area contributed by atoms with E-state index in [-0.39, 0.29) is 0 Å². The Hall–Kier alpha value is -2.09. The summed E-state index contributed by atoms with van der Waals surface area (Å²) in [5.74, 6) is 0.803. The SMILES string of the molecule is c1ccc(-c2[nH+]c3ccccc3o2)cc1. The number of hydrogen-bond acceptors (Lipinski definition) is 1. The minimum absolute atomic E-state index is 0.803. The average Bonchev–Trinajstić information content (AvgIpc) is 2.74. The van der Waals surface area contributed by atoms with Gasteiger partial charge in [-0.3, -0.25) is 0 Å². The first-order valence-electron chi connectivity index (χ1n) is 4.90. The second kappa shape index (κ2) is 3.24. The van der Waals surface area contributed by atoms with Crippen molar-refractivity contribution in [1.82, 2.24) is 0 Å². The molecule has 2 aromatic carbocycles. The van der Waals surface area contributed by atoms with E-state index in [1.54, 1.807) is 0 Å². The van der Waals surface area contributed by atoms with E-state index in [1.165, 1.54) is 0 Å². The van der Waals surface area contributed by atoms with Gasteiger partial charge in [0.1, 0.15) is 0 Å². The number of aromatic amines is 1. The van der Waals surface area contributed by atoms with Gasteiger partial charge in [0.25, 0.3) is 0 Å². The Morgan fingerprint density at radius 1 is 0.800 bits per heavy atom. The Morgan fingerprint density at radius 3 is 2.33 bits per heavy atom. The number of oxazole rings is 1. The van der Waals surface area contributed by atoms with Crippen LogP contribution in [0.3, 0.4) is 0 Å². The van der Waals surface area contributed by atoms with Crippen LogP contribution in [0.5, 0.6) is 0 Å². The third-order valence-corrected chi connectivity index (χ3v) is 2.38. The van der Waals surface area contributed by atoms with Crippen LogP contribution in [0.25, 0.3) is 22.6 Å². The second-order valence-corrected chi connectivity index (χ2v) is 3.42. The van der Waals surface area contributed by atoms with Crippen LogP contribution in [0, 0.1) is 0 Å². The van der Waals surface area contributed by atoms with Crippen molar-refractivity contribution in [2.24, 2.45) is 0 Å². The summed E-state index contributed by atoms with van der Waals surface area (Å²) >= 11 is 0. The molecule has 0 saturated heterocycles. The molecule has 0 amide bonds. The zero-order chi connectivity index (χ0) is 10.1. The molecule has 2 heteroatoms. The lowest BCUT2D eigenvalue weighted by Gasteiger charge is -1.86. The predicted molar refractivity (Wildman–Crippen MR) is 58.2 cm³/mol. The number of nitrogens with one attached hydrogen (secondary N) is 1. The van der Waals surface area contributed by atoms with Gasteiger partial charge in [-0.15, -0.1) is 0 Å². The molecule has 0 radical (unpaired) electrons. The van der Waals surface area contributed by atoms with Gasteiger partial charge >= 0.3 is 5.89 Å². The van der Waals surface area contributed by atoms with Crippen LogP contribution in [0.2, 0.25) is 0 Å². The standard InChI is InChI=1S/C13H9NO/c1-2-6-10(7-3-1)13-14-11-8-4-5-9-12(11)15-13/h1-9H/p+1. The quantitative estimate of drug-likeness (QED) is 0.588. The summed E-state index contributed by atoms with van der Waals surface area (Å²) in [5.41, 5.74) is 2.97. The lowest BCUT2D eigenvalue weighted by Crippen LogP contribution is -2.00. The van der Waals surface area contributed by atoms with Crippen LogP contribution < -0.4 is 4.98 Å². The number of hydrogen-bond donors (Lipinski definition) is 0. The van der Waals surface area contributed by atoms with E-state index in [2.05, 4.69) is 4.98 Å². The lowest BCUT2D eigenvalue weighted by atomic mass is 10.2. The molecule has 72 valence electrons. The number of aromatic nitrogens is 1. The van der Waals surface area contributed by atoms with Crippen LogP contribution in [-0.4, -0.2) is 0 Å². The monoisotopic (exact) mass is 196 g/mol. The molecule has 15 heavy (non-hydrogen) atoms. The van der Waals surface area contributed by atoms with E-state index in [1.807, 2.05) is 54.6 Å². The highest BCUT2D eigenvalue weighted by Crippen LogP contribution is 2.19. The Bertz CT molecular complexity index is 551. The maximum absolute atomic E-state index is 5.70. The Labute approximate surface area is 87.2 Å². The summed E-state index contributed by atoms with van der Waals surface area (Å²) in [6.07, 6.45) is 0. The molecule has 0 atom stereocenters. The topological polar surface area (TPSA) is 27.3 Å². The first-order chi connectivity index (χ1) is 7.43. The van der Waals surface area contributed by atoms with Gasteiger partial charge in [-0.2, -0.15) is 4.98 Å². The summed E-state index contributed by atoms with van der Waals surface area (Å²) in [6, 6.07) is 17.9. The molecule has 3 aromatic rings. The maximum Gasteiger partial charge on any atom is 0.379 e. The van der Waals surface area contributed by atoms with Crippen molar-refractivity contribution in [3.05, 3.63) is 54.6 Å². The van der Waals surface area contributed by atoms with Gasteiger partial charge in [0.15, 0.2) is 0 Å². The zero-order valence-electron chi connectivity index (χ0n) is 8.10. The molecule has 0 aliphatic rings. The summed E-state index contributed by atoms with van der Waals surface area (Å²) < 4.78 is 5.70. The fourth-order valence-electron chi connectivity index (χ4n) is 1.64. The van der Waals surface area contributed by atoms with Crippen LogP contribution in [-0.2, 0) is 0 Å². The molecule has 0 unspecified atom stereocenters. The van der Waals surface area contributed by atoms with Gasteiger partial charge in [-0.25, -0.2) is 0 Å².